The third-order valence-corrected chi connectivity index (χ3v) is 5.08. The summed E-state index contributed by atoms with van der Waals surface area (Å²) < 4.78 is 5.37. The fourth-order valence-corrected chi connectivity index (χ4v) is 3.04. The minimum atomic E-state index is -0.535. The fraction of sp³-hybridized carbons (Fsp3) is 0.269. The molecule has 0 aliphatic rings. The highest BCUT2D eigenvalue weighted by molar-refractivity contribution is 6.09. The van der Waals surface area contributed by atoms with Gasteiger partial charge in [0.05, 0.1) is 18.8 Å². The Kier molecular flexibility index (Phi) is 8.64. The number of allylic oxidation sites excluding steroid dienone is 3. The first-order valence-electron chi connectivity index (χ1n) is 10.1. The van der Waals surface area contributed by atoms with Crippen molar-refractivity contribution in [1.82, 2.24) is 0 Å². The number of rotatable bonds is 10. The van der Waals surface area contributed by atoms with Crippen LogP contribution in [0.5, 0.6) is 17.2 Å². The normalized spacial score (nSPS) is 12.7. The molecule has 0 radical (unpaired) electrons. The van der Waals surface area contributed by atoms with Crippen LogP contribution >= 0.6 is 0 Å². The topological polar surface area (TPSA) is 87.0 Å². The maximum Gasteiger partial charge on any atom is 0.189 e. The molecule has 1 atom stereocenters. The fourth-order valence-electron chi connectivity index (χ4n) is 3.04. The molecule has 0 saturated heterocycles. The molecule has 0 aliphatic carbocycles. The second-order valence-electron chi connectivity index (χ2n) is 7.59. The molecule has 31 heavy (non-hydrogen) atoms. The molecule has 0 heterocycles. The first-order valence-corrected chi connectivity index (χ1v) is 10.1. The van der Waals surface area contributed by atoms with E-state index in [4.69, 9.17) is 4.74 Å². The van der Waals surface area contributed by atoms with Crippen LogP contribution in [0.25, 0.3) is 6.08 Å². The molecular formula is C26H30O5. The molecule has 164 valence electrons. The van der Waals surface area contributed by atoms with Gasteiger partial charge in [0.15, 0.2) is 5.78 Å². The van der Waals surface area contributed by atoms with Crippen LogP contribution in [-0.2, 0) is 6.42 Å². The van der Waals surface area contributed by atoms with Crippen molar-refractivity contribution >= 4 is 11.9 Å². The Morgan fingerprint density at radius 3 is 2.42 bits per heavy atom. The van der Waals surface area contributed by atoms with E-state index in [1.165, 1.54) is 25.3 Å². The van der Waals surface area contributed by atoms with Crippen molar-refractivity contribution < 1.29 is 24.9 Å². The third kappa shape index (κ3) is 6.86. The maximum absolute atomic E-state index is 12.6. The Hall–Kier alpha value is -3.31. The lowest BCUT2D eigenvalue weighted by atomic mass is 9.98. The van der Waals surface area contributed by atoms with Gasteiger partial charge in [-0.25, -0.2) is 0 Å². The third-order valence-electron chi connectivity index (χ3n) is 5.08. The van der Waals surface area contributed by atoms with E-state index in [2.05, 4.69) is 6.58 Å². The van der Waals surface area contributed by atoms with Crippen molar-refractivity contribution in [3.63, 3.8) is 0 Å². The molecule has 3 N–H and O–H groups in total. The van der Waals surface area contributed by atoms with E-state index in [9.17, 15) is 20.1 Å². The molecule has 0 saturated carbocycles. The van der Waals surface area contributed by atoms with Crippen LogP contribution in [0.2, 0.25) is 0 Å². The summed E-state index contributed by atoms with van der Waals surface area (Å²) in [7, 11) is 1.52. The Labute approximate surface area is 183 Å². The molecule has 2 aromatic carbocycles. The van der Waals surface area contributed by atoms with Gasteiger partial charge < -0.3 is 20.1 Å². The van der Waals surface area contributed by atoms with Crippen LogP contribution in [0.1, 0.15) is 48.2 Å². The maximum atomic E-state index is 12.6. The average Bonchev–Trinajstić information content (AvgIpc) is 2.75. The summed E-state index contributed by atoms with van der Waals surface area (Å²) >= 11 is 0. The lowest BCUT2D eigenvalue weighted by molar-refractivity contribution is 0.104. The number of hydrogen-bond acceptors (Lipinski definition) is 5. The lowest BCUT2D eigenvalue weighted by Crippen LogP contribution is -2.06. The van der Waals surface area contributed by atoms with Crippen LogP contribution in [-0.4, -0.2) is 34.3 Å². The van der Waals surface area contributed by atoms with Gasteiger partial charge in [-0.3, -0.25) is 4.79 Å². The molecule has 0 amide bonds. The van der Waals surface area contributed by atoms with Crippen LogP contribution in [0.3, 0.4) is 0 Å². The summed E-state index contributed by atoms with van der Waals surface area (Å²) in [6.07, 6.45) is 6.12. The minimum Gasteiger partial charge on any atom is -0.508 e. The van der Waals surface area contributed by atoms with Gasteiger partial charge in [0.25, 0.3) is 0 Å². The van der Waals surface area contributed by atoms with Crippen LogP contribution in [0.4, 0.5) is 0 Å². The molecule has 5 nitrogen and oxygen atoms in total. The molecule has 2 rings (SSSR count). The summed E-state index contributed by atoms with van der Waals surface area (Å²) in [5, 5.41) is 30.0. The van der Waals surface area contributed by atoms with E-state index in [-0.39, 0.29) is 22.8 Å². The number of ether oxygens (including phenoxy) is 1. The number of methoxy groups -OCH3 is 1. The standard InChI is InChI=1S/C26H30O5/c1-17(2)23(28)14-6-18(3)5-12-22-25(31-4)16-13-21(26(22)30)24(29)15-9-19-7-10-20(27)11-8-19/h5,7-11,13,15-16,23,27-28,30H,1,6,12,14H2,2-4H3/b15-9+,18-5+. The van der Waals surface area contributed by atoms with E-state index < -0.39 is 6.10 Å². The SMILES string of the molecule is C=C(C)C(O)CC/C(C)=C/Cc1c(OC)ccc(C(=O)/C=C/c2ccc(O)cc2)c1O. The van der Waals surface area contributed by atoms with E-state index in [0.717, 1.165) is 16.7 Å². The van der Waals surface area contributed by atoms with E-state index in [1.54, 1.807) is 37.3 Å². The Bertz CT molecular complexity index is 984. The predicted octanol–water partition coefficient (Wildman–Crippen LogP) is 5.21. The molecule has 0 bridgehead atoms. The molecule has 0 spiro atoms. The van der Waals surface area contributed by atoms with Gasteiger partial charge in [0.1, 0.15) is 17.2 Å². The van der Waals surface area contributed by atoms with Crippen molar-refractivity contribution in [3.8, 4) is 17.2 Å². The molecule has 2 aromatic rings. The van der Waals surface area contributed by atoms with Gasteiger partial charge in [0.2, 0.25) is 0 Å². The molecule has 5 heteroatoms. The largest absolute Gasteiger partial charge is 0.508 e. The number of ketones is 1. The molecule has 1 unspecified atom stereocenters. The molecule has 0 aliphatic heterocycles. The summed E-state index contributed by atoms with van der Waals surface area (Å²) in [5.41, 5.74) is 3.28. The van der Waals surface area contributed by atoms with E-state index in [0.29, 0.717) is 30.6 Å². The van der Waals surface area contributed by atoms with Gasteiger partial charge in [-0.15, -0.1) is 0 Å². The quantitative estimate of drug-likeness (QED) is 0.278. The molecule has 0 aromatic heterocycles. The second kappa shape index (κ2) is 11.2. The van der Waals surface area contributed by atoms with Gasteiger partial charge >= 0.3 is 0 Å². The first kappa shape index (κ1) is 24.0. The summed E-state index contributed by atoms with van der Waals surface area (Å²) in [6, 6.07) is 9.67. The van der Waals surface area contributed by atoms with Gasteiger partial charge in [-0.1, -0.05) is 42.0 Å². The Morgan fingerprint density at radius 1 is 1.13 bits per heavy atom. The van der Waals surface area contributed by atoms with Crippen LogP contribution < -0.4 is 4.74 Å². The highest BCUT2D eigenvalue weighted by Gasteiger charge is 2.16. The van der Waals surface area contributed by atoms with Crippen molar-refractivity contribution in [2.24, 2.45) is 0 Å². The first-order chi connectivity index (χ1) is 14.7. The molecule has 0 fully saturated rings. The summed E-state index contributed by atoms with van der Waals surface area (Å²) in [6.45, 7) is 7.52. The molecular weight excluding hydrogens is 392 g/mol. The van der Waals surface area contributed by atoms with Gasteiger partial charge in [0, 0.05) is 5.56 Å². The van der Waals surface area contributed by atoms with Crippen molar-refractivity contribution in [3.05, 3.63) is 83.0 Å². The zero-order chi connectivity index (χ0) is 23.0. The summed E-state index contributed by atoms with van der Waals surface area (Å²) in [4.78, 5) is 12.6. The summed E-state index contributed by atoms with van der Waals surface area (Å²) in [5.74, 6) is 0.214. The number of carbonyl (C=O) groups excluding carboxylic acids is 1. The zero-order valence-corrected chi connectivity index (χ0v) is 18.3. The zero-order valence-electron chi connectivity index (χ0n) is 18.3. The van der Waals surface area contributed by atoms with Gasteiger partial charge in [-0.2, -0.15) is 0 Å². The number of carbonyl (C=O) groups is 1. The van der Waals surface area contributed by atoms with E-state index >= 15 is 0 Å². The second-order valence-corrected chi connectivity index (χ2v) is 7.59. The number of phenolic OH excluding ortho intramolecular Hbond substituents is 2. The minimum absolute atomic E-state index is 0.106. The Balaban J connectivity index is 2.19. The van der Waals surface area contributed by atoms with Crippen molar-refractivity contribution in [1.29, 1.82) is 0 Å². The number of aliphatic hydroxyl groups excluding tert-OH is 1. The van der Waals surface area contributed by atoms with Crippen molar-refractivity contribution in [2.75, 3.05) is 7.11 Å². The van der Waals surface area contributed by atoms with Crippen LogP contribution in [0.15, 0.2) is 66.3 Å². The number of phenols is 2. The Morgan fingerprint density at radius 2 is 1.81 bits per heavy atom. The highest BCUT2D eigenvalue weighted by atomic mass is 16.5. The predicted molar refractivity (Wildman–Crippen MR) is 124 cm³/mol. The monoisotopic (exact) mass is 422 g/mol. The number of aromatic hydroxyl groups is 2. The number of benzene rings is 2. The van der Waals surface area contributed by atoms with Crippen molar-refractivity contribution in [2.45, 2.75) is 39.2 Å². The smallest absolute Gasteiger partial charge is 0.189 e. The number of aliphatic hydroxyl groups is 1. The van der Waals surface area contributed by atoms with E-state index in [1.807, 2.05) is 13.0 Å². The van der Waals surface area contributed by atoms with Gasteiger partial charge in [-0.05, 0) is 69.0 Å². The van der Waals surface area contributed by atoms with Crippen LogP contribution in [0, 0.1) is 0 Å². The average molecular weight is 423 g/mol. The number of hydrogen-bond donors (Lipinski definition) is 3. The lowest BCUT2D eigenvalue weighted by Gasteiger charge is -2.13. The highest BCUT2D eigenvalue weighted by Crippen LogP contribution is 2.33.